The maximum atomic E-state index is 13.1. The second-order valence-corrected chi connectivity index (χ2v) is 8.91. The van der Waals surface area contributed by atoms with Crippen LogP contribution in [0, 0.1) is 6.92 Å². The van der Waals surface area contributed by atoms with Crippen molar-refractivity contribution in [1.29, 1.82) is 0 Å². The zero-order valence-electron chi connectivity index (χ0n) is 16.2. The molecule has 1 N–H and O–H groups in total. The summed E-state index contributed by atoms with van der Waals surface area (Å²) in [4.78, 5) is 17.5. The Balaban J connectivity index is 1.75. The fraction of sp³-hybridized carbons (Fsp3) is 0.238. The van der Waals surface area contributed by atoms with Crippen molar-refractivity contribution in [3.8, 4) is 17.0 Å². The molecule has 29 heavy (non-hydrogen) atoms. The number of amides is 1. The first-order chi connectivity index (χ1) is 13.9. The largest absolute Gasteiger partial charge is 0.497 e. The minimum absolute atomic E-state index is 0.0498. The van der Waals surface area contributed by atoms with Gasteiger partial charge in [-0.2, -0.15) is 0 Å². The molecule has 2 aromatic carbocycles. The average molecular weight is 411 g/mol. The molecule has 1 aromatic heterocycles. The Morgan fingerprint density at radius 3 is 2.76 bits per heavy atom. The van der Waals surface area contributed by atoms with Gasteiger partial charge in [0, 0.05) is 18.7 Å². The van der Waals surface area contributed by atoms with E-state index in [9.17, 15) is 13.2 Å². The third-order valence-electron chi connectivity index (χ3n) is 5.05. The molecule has 0 saturated heterocycles. The van der Waals surface area contributed by atoms with Crippen LogP contribution in [-0.2, 0) is 22.9 Å². The smallest absolute Gasteiger partial charge is 0.270 e. The Morgan fingerprint density at radius 1 is 1.21 bits per heavy atom. The number of aromatic nitrogens is 2. The van der Waals surface area contributed by atoms with Gasteiger partial charge in [0.05, 0.1) is 12.9 Å². The molecule has 0 aliphatic carbocycles. The molecule has 0 atom stereocenters. The molecule has 8 heteroatoms. The fourth-order valence-electron chi connectivity index (χ4n) is 3.45. The van der Waals surface area contributed by atoms with Crippen LogP contribution >= 0.6 is 0 Å². The maximum absolute atomic E-state index is 13.1. The summed E-state index contributed by atoms with van der Waals surface area (Å²) in [7, 11) is -1.95. The van der Waals surface area contributed by atoms with E-state index >= 15 is 0 Å². The second kappa shape index (κ2) is 7.36. The molecule has 0 saturated carbocycles. The van der Waals surface area contributed by atoms with Crippen LogP contribution in [0.15, 0.2) is 53.7 Å². The Morgan fingerprint density at radius 2 is 2.00 bits per heavy atom. The summed E-state index contributed by atoms with van der Waals surface area (Å²) in [6.45, 7) is 2.53. The second-order valence-electron chi connectivity index (χ2n) is 6.90. The third kappa shape index (κ3) is 3.51. The topological polar surface area (TPSA) is 90.3 Å². The standard InChI is InChI=1S/C21H21N3O4S/c1-14-6-3-4-7-16(14)13-22-20(25)19-18(15-8-5-9-17(12-15)28-2)23-21-24(19)10-11-29(21,26)27/h3-9,12H,10-11,13H2,1-2H3,(H,22,25). The van der Waals surface area contributed by atoms with Gasteiger partial charge in [0.1, 0.15) is 17.1 Å². The zero-order chi connectivity index (χ0) is 20.6. The fourth-order valence-corrected chi connectivity index (χ4v) is 4.80. The third-order valence-corrected chi connectivity index (χ3v) is 6.64. The number of nitrogens with one attached hydrogen (secondary N) is 1. The Labute approximate surface area is 169 Å². The molecular weight excluding hydrogens is 390 g/mol. The highest BCUT2D eigenvalue weighted by atomic mass is 32.2. The highest BCUT2D eigenvalue weighted by Gasteiger charge is 2.35. The van der Waals surface area contributed by atoms with E-state index in [-0.39, 0.29) is 29.1 Å². The van der Waals surface area contributed by atoms with E-state index in [1.807, 2.05) is 31.2 Å². The Kier molecular flexibility index (Phi) is 4.87. The van der Waals surface area contributed by atoms with Crippen LogP contribution in [0.2, 0.25) is 0 Å². The van der Waals surface area contributed by atoms with E-state index in [2.05, 4.69) is 10.3 Å². The highest BCUT2D eigenvalue weighted by molar-refractivity contribution is 7.91. The Bertz CT molecular complexity index is 1200. The molecule has 0 bridgehead atoms. The molecule has 7 nitrogen and oxygen atoms in total. The number of hydrogen-bond donors (Lipinski definition) is 1. The van der Waals surface area contributed by atoms with Crippen molar-refractivity contribution in [2.24, 2.45) is 0 Å². The van der Waals surface area contributed by atoms with Crippen LogP contribution in [0.3, 0.4) is 0 Å². The van der Waals surface area contributed by atoms with Gasteiger partial charge >= 0.3 is 0 Å². The molecule has 0 spiro atoms. The lowest BCUT2D eigenvalue weighted by Gasteiger charge is -2.11. The minimum Gasteiger partial charge on any atom is -0.497 e. The first-order valence-electron chi connectivity index (χ1n) is 9.21. The van der Waals surface area contributed by atoms with Crippen molar-refractivity contribution in [2.75, 3.05) is 12.9 Å². The molecule has 0 fully saturated rings. The monoisotopic (exact) mass is 411 g/mol. The minimum atomic E-state index is -3.50. The van der Waals surface area contributed by atoms with Gasteiger partial charge in [-0.1, -0.05) is 36.4 Å². The van der Waals surface area contributed by atoms with E-state index in [4.69, 9.17) is 4.74 Å². The predicted molar refractivity (Wildman–Crippen MR) is 109 cm³/mol. The van der Waals surface area contributed by atoms with Gasteiger partial charge in [-0.3, -0.25) is 4.79 Å². The SMILES string of the molecule is COc1cccc(-c2nc3n(c2C(=O)NCc2ccccc2C)CCS3(=O)=O)c1. The van der Waals surface area contributed by atoms with Crippen molar-refractivity contribution >= 4 is 15.7 Å². The van der Waals surface area contributed by atoms with Gasteiger partial charge in [-0.05, 0) is 30.2 Å². The van der Waals surface area contributed by atoms with Gasteiger partial charge in [0.2, 0.25) is 15.0 Å². The molecule has 4 rings (SSSR count). The van der Waals surface area contributed by atoms with Crippen molar-refractivity contribution < 1.29 is 17.9 Å². The van der Waals surface area contributed by atoms with Gasteiger partial charge < -0.3 is 14.6 Å². The lowest BCUT2D eigenvalue weighted by atomic mass is 10.1. The maximum Gasteiger partial charge on any atom is 0.270 e. The van der Waals surface area contributed by atoms with Crippen LogP contribution in [-0.4, -0.2) is 36.7 Å². The van der Waals surface area contributed by atoms with Crippen LogP contribution in [0.25, 0.3) is 11.3 Å². The average Bonchev–Trinajstić information content (AvgIpc) is 3.25. The number of aryl methyl sites for hydroxylation is 1. The number of imidazole rings is 1. The van der Waals surface area contributed by atoms with E-state index in [1.54, 1.807) is 31.4 Å². The first kappa shape index (κ1) is 19.2. The molecule has 2 heterocycles. The number of methoxy groups -OCH3 is 1. The van der Waals surface area contributed by atoms with Crippen LogP contribution in [0.4, 0.5) is 0 Å². The summed E-state index contributed by atoms with van der Waals surface area (Å²) in [5.74, 6) is 0.193. The molecule has 1 aliphatic heterocycles. The summed E-state index contributed by atoms with van der Waals surface area (Å²) in [5.41, 5.74) is 3.29. The molecule has 0 unspecified atom stereocenters. The summed E-state index contributed by atoms with van der Waals surface area (Å²) in [6, 6.07) is 14.9. The molecule has 150 valence electrons. The van der Waals surface area contributed by atoms with E-state index < -0.39 is 9.84 Å². The molecule has 1 amide bonds. The van der Waals surface area contributed by atoms with E-state index in [1.165, 1.54) is 4.57 Å². The van der Waals surface area contributed by atoms with Gasteiger partial charge in [-0.15, -0.1) is 0 Å². The molecule has 1 aliphatic rings. The van der Waals surface area contributed by atoms with E-state index in [0.717, 1.165) is 11.1 Å². The number of ether oxygens (including phenoxy) is 1. The van der Waals surface area contributed by atoms with Crippen molar-refractivity contribution in [3.63, 3.8) is 0 Å². The summed E-state index contributed by atoms with van der Waals surface area (Å²) >= 11 is 0. The lowest BCUT2D eigenvalue weighted by Crippen LogP contribution is -2.26. The Hall–Kier alpha value is -3.13. The highest BCUT2D eigenvalue weighted by Crippen LogP contribution is 2.31. The number of fused-ring (bicyclic) bond motifs is 1. The number of nitrogens with zero attached hydrogens (tertiary/aromatic N) is 2. The van der Waals surface area contributed by atoms with Crippen LogP contribution in [0.1, 0.15) is 21.6 Å². The number of rotatable bonds is 5. The zero-order valence-corrected chi connectivity index (χ0v) is 17.0. The van der Waals surface area contributed by atoms with Crippen LogP contribution in [0.5, 0.6) is 5.75 Å². The molecule has 3 aromatic rings. The molecular formula is C21H21N3O4S. The summed E-state index contributed by atoms with van der Waals surface area (Å²) in [5, 5.41) is 2.85. The summed E-state index contributed by atoms with van der Waals surface area (Å²) < 4.78 is 31.5. The predicted octanol–water partition coefficient (Wildman–Crippen LogP) is 2.58. The number of hydrogen-bond acceptors (Lipinski definition) is 5. The number of carbonyl (C=O) groups is 1. The first-order valence-corrected chi connectivity index (χ1v) is 10.9. The van der Waals surface area contributed by atoms with E-state index in [0.29, 0.717) is 23.6 Å². The van der Waals surface area contributed by atoms with Gasteiger partial charge in [0.25, 0.3) is 5.91 Å². The van der Waals surface area contributed by atoms with Crippen molar-refractivity contribution in [3.05, 3.63) is 65.4 Å². The van der Waals surface area contributed by atoms with Crippen molar-refractivity contribution in [2.45, 2.75) is 25.2 Å². The van der Waals surface area contributed by atoms with Crippen molar-refractivity contribution in [1.82, 2.24) is 14.9 Å². The van der Waals surface area contributed by atoms with Gasteiger partial charge in [-0.25, -0.2) is 13.4 Å². The number of carbonyl (C=O) groups excluding carboxylic acids is 1. The molecule has 0 radical (unpaired) electrons. The quantitative estimate of drug-likeness (QED) is 0.697. The van der Waals surface area contributed by atoms with Crippen LogP contribution < -0.4 is 10.1 Å². The number of sulfone groups is 1. The number of benzene rings is 2. The van der Waals surface area contributed by atoms with Gasteiger partial charge in [0.15, 0.2) is 0 Å². The lowest BCUT2D eigenvalue weighted by molar-refractivity contribution is 0.0942. The normalized spacial score (nSPS) is 14.4. The summed E-state index contributed by atoms with van der Waals surface area (Å²) in [6.07, 6.45) is 0.